The van der Waals surface area contributed by atoms with Crippen molar-refractivity contribution in [3.63, 3.8) is 0 Å². The van der Waals surface area contributed by atoms with Gasteiger partial charge in [0.2, 0.25) is 5.91 Å². The molecule has 1 atom stereocenters. The lowest BCUT2D eigenvalue weighted by molar-refractivity contribution is -0.123. The van der Waals surface area contributed by atoms with Gasteiger partial charge in [-0.15, -0.1) is 0 Å². The average molecular weight is 393 g/mol. The van der Waals surface area contributed by atoms with Crippen LogP contribution < -0.4 is 10.9 Å². The van der Waals surface area contributed by atoms with Crippen molar-refractivity contribution in [1.82, 2.24) is 20.2 Å². The van der Waals surface area contributed by atoms with Crippen LogP contribution in [0.4, 0.5) is 0 Å². The molecule has 3 aromatic rings. The molecule has 0 aliphatic rings. The van der Waals surface area contributed by atoms with E-state index in [9.17, 15) is 9.59 Å². The summed E-state index contributed by atoms with van der Waals surface area (Å²) in [6, 6.07) is 13.4. The quantitative estimate of drug-likeness (QED) is 0.647. The minimum atomic E-state index is -0.158. The molecule has 2 aromatic carbocycles. The smallest absolute Gasteiger partial charge is 0.258 e. The zero-order valence-corrected chi connectivity index (χ0v) is 17.5. The van der Waals surface area contributed by atoms with Crippen LogP contribution in [0, 0.1) is 13.8 Å². The first-order valence-electron chi connectivity index (χ1n) is 9.94. The summed E-state index contributed by atoms with van der Waals surface area (Å²) in [4.78, 5) is 34.1. The highest BCUT2D eigenvalue weighted by molar-refractivity contribution is 5.78. The van der Waals surface area contributed by atoms with E-state index < -0.39 is 0 Å². The number of carbonyl (C=O) groups excluding carboxylic acids is 1. The Kier molecular flexibility index (Phi) is 6.44. The van der Waals surface area contributed by atoms with Crippen LogP contribution in [0.5, 0.6) is 0 Å². The Morgan fingerprint density at radius 1 is 1.17 bits per heavy atom. The third-order valence-electron chi connectivity index (χ3n) is 5.26. The molecule has 1 aromatic heterocycles. The monoisotopic (exact) mass is 392 g/mol. The van der Waals surface area contributed by atoms with Gasteiger partial charge in [0.25, 0.3) is 5.56 Å². The number of hydrogen-bond acceptors (Lipinski definition) is 4. The van der Waals surface area contributed by atoms with Crippen LogP contribution in [0.1, 0.15) is 42.4 Å². The van der Waals surface area contributed by atoms with Crippen LogP contribution in [0.25, 0.3) is 10.9 Å². The minimum Gasteiger partial charge on any atom is -0.348 e. The molecular weight excluding hydrogens is 364 g/mol. The Labute approximate surface area is 171 Å². The summed E-state index contributed by atoms with van der Waals surface area (Å²) in [5.74, 6) is 0.506. The fourth-order valence-corrected chi connectivity index (χ4v) is 3.31. The summed E-state index contributed by atoms with van der Waals surface area (Å²) < 4.78 is 0. The Balaban J connectivity index is 1.65. The van der Waals surface area contributed by atoms with E-state index in [0.717, 1.165) is 5.56 Å². The Morgan fingerprint density at radius 3 is 2.66 bits per heavy atom. The van der Waals surface area contributed by atoms with E-state index >= 15 is 0 Å². The molecule has 1 amide bonds. The largest absolute Gasteiger partial charge is 0.348 e. The fraction of sp³-hybridized carbons (Fsp3) is 0.348. The standard InChI is InChI=1S/C23H28N4O2/c1-5-27(13-21-25-20-9-7-6-8-19(20)23(29)26-21)14-22(28)24-17(4)18-11-10-15(2)16(3)12-18/h6-12,17H,5,13-14H2,1-4H3,(H,24,28)(H,25,26,29). The third-order valence-corrected chi connectivity index (χ3v) is 5.26. The van der Waals surface area contributed by atoms with E-state index in [1.807, 2.05) is 36.9 Å². The molecule has 0 radical (unpaired) electrons. The van der Waals surface area contributed by atoms with Gasteiger partial charge in [-0.1, -0.05) is 37.3 Å². The van der Waals surface area contributed by atoms with Crippen molar-refractivity contribution < 1.29 is 4.79 Å². The molecule has 0 fully saturated rings. The Hall–Kier alpha value is -2.99. The highest BCUT2D eigenvalue weighted by Crippen LogP contribution is 2.16. The first kappa shape index (κ1) is 20.7. The normalized spacial score (nSPS) is 12.3. The number of nitrogens with one attached hydrogen (secondary N) is 2. The van der Waals surface area contributed by atoms with Crippen LogP contribution in [-0.4, -0.2) is 33.9 Å². The van der Waals surface area contributed by atoms with Gasteiger partial charge in [0.05, 0.1) is 30.0 Å². The number of aromatic nitrogens is 2. The Morgan fingerprint density at radius 2 is 1.93 bits per heavy atom. The Bertz CT molecular complexity index is 1070. The lowest BCUT2D eigenvalue weighted by Gasteiger charge is -2.21. The zero-order chi connectivity index (χ0) is 21.0. The number of nitrogens with zero attached hydrogens (tertiary/aromatic N) is 2. The van der Waals surface area contributed by atoms with E-state index in [1.54, 1.807) is 6.07 Å². The number of amides is 1. The van der Waals surface area contributed by atoms with Crippen molar-refractivity contribution >= 4 is 16.8 Å². The topological polar surface area (TPSA) is 78.1 Å². The van der Waals surface area contributed by atoms with Gasteiger partial charge in [-0.3, -0.25) is 14.5 Å². The summed E-state index contributed by atoms with van der Waals surface area (Å²) in [6.07, 6.45) is 0. The molecule has 0 saturated carbocycles. The third kappa shape index (κ3) is 5.09. The van der Waals surface area contributed by atoms with Crippen LogP contribution in [0.15, 0.2) is 47.3 Å². The van der Waals surface area contributed by atoms with Crippen molar-refractivity contribution in [3.05, 3.63) is 75.3 Å². The second-order valence-electron chi connectivity index (χ2n) is 7.47. The predicted octanol–water partition coefficient (Wildman–Crippen LogP) is 3.24. The molecule has 1 heterocycles. The maximum atomic E-state index is 12.6. The molecule has 0 saturated heterocycles. The molecular formula is C23H28N4O2. The van der Waals surface area contributed by atoms with Crippen molar-refractivity contribution in [1.29, 1.82) is 0 Å². The minimum absolute atomic E-state index is 0.0549. The first-order chi connectivity index (χ1) is 13.9. The van der Waals surface area contributed by atoms with Gasteiger partial charge in [0.1, 0.15) is 5.82 Å². The van der Waals surface area contributed by atoms with Gasteiger partial charge >= 0.3 is 0 Å². The van der Waals surface area contributed by atoms with E-state index in [4.69, 9.17) is 0 Å². The molecule has 1 unspecified atom stereocenters. The first-order valence-corrected chi connectivity index (χ1v) is 9.94. The molecule has 152 valence electrons. The highest BCUT2D eigenvalue weighted by atomic mass is 16.2. The fourth-order valence-electron chi connectivity index (χ4n) is 3.31. The average Bonchev–Trinajstić information content (AvgIpc) is 2.69. The molecule has 3 rings (SSSR count). The van der Waals surface area contributed by atoms with Gasteiger partial charge < -0.3 is 10.3 Å². The van der Waals surface area contributed by atoms with E-state index in [-0.39, 0.29) is 24.1 Å². The van der Waals surface area contributed by atoms with Crippen LogP contribution >= 0.6 is 0 Å². The number of aryl methyl sites for hydroxylation is 2. The summed E-state index contributed by atoms with van der Waals surface area (Å²) in [5, 5.41) is 3.63. The number of likely N-dealkylation sites (N-methyl/N-ethyl adjacent to an activating group) is 1. The van der Waals surface area contributed by atoms with Crippen molar-refractivity contribution in [3.8, 4) is 0 Å². The van der Waals surface area contributed by atoms with Crippen LogP contribution in [0.2, 0.25) is 0 Å². The lowest BCUT2D eigenvalue weighted by atomic mass is 10.0. The zero-order valence-electron chi connectivity index (χ0n) is 17.5. The molecule has 6 nitrogen and oxygen atoms in total. The summed E-state index contributed by atoms with van der Waals surface area (Å²) in [5.41, 5.74) is 4.04. The molecule has 29 heavy (non-hydrogen) atoms. The number of aromatic amines is 1. The summed E-state index contributed by atoms with van der Waals surface area (Å²) in [7, 11) is 0. The lowest BCUT2D eigenvalue weighted by Crippen LogP contribution is -2.38. The SMILES string of the molecule is CCN(CC(=O)NC(C)c1ccc(C)c(C)c1)Cc1nc2ccccc2c(=O)[nH]1. The number of benzene rings is 2. The number of carbonyl (C=O) groups is 1. The van der Waals surface area contributed by atoms with Crippen molar-refractivity contribution in [2.45, 2.75) is 40.3 Å². The predicted molar refractivity (Wildman–Crippen MR) is 116 cm³/mol. The van der Waals surface area contributed by atoms with Crippen molar-refractivity contribution in [2.24, 2.45) is 0 Å². The van der Waals surface area contributed by atoms with Crippen LogP contribution in [0.3, 0.4) is 0 Å². The van der Waals surface area contributed by atoms with Crippen LogP contribution in [-0.2, 0) is 11.3 Å². The van der Waals surface area contributed by atoms with E-state index in [1.165, 1.54) is 11.1 Å². The number of fused-ring (bicyclic) bond motifs is 1. The number of hydrogen-bond donors (Lipinski definition) is 2. The molecule has 0 aliphatic carbocycles. The van der Waals surface area contributed by atoms with E-state index in [2.05, 4.69) is 47.3 Å². The van der Waals surface area contributed by atoms with Gasteiger partial charge in [-0.25, -0.2) is 4.98 Å². The van der Waals surface area contributed by atoms with Gasteiger partial charge in [-0.05, 0) is 56.1 Å². The molecule has 0 spiro atoms. The second kappa shape index (κ2) is 9.01. The highest BCUT2D eigenvalue weighted by Gasteiger charge is 2.15. The van der Waals surface area contributed by atoms with Gasteiger partial charge in [-0.2, -0.15) is 0 Å². The molecule has 2 N–H and O–H groups in total. The van der Waals surface area contributed by atoms with Crippen molar-refractivity contribution in [2.75, 3.05) is 13.1 Å². The summed E-state index contributed by atoms with van der Waals surface area (Å²) >= 11 is 0. The second-order valence-corrected chi connectivity index (χ2v) is 7.47. The molecule has 6 heteroatoms. The number of rotatable bonds is 7. The summed E-state index contributed by atoms with van der Waals surface area (Å²) in [6.45, 7) is 9.43. The number of H-pyrrole nitrogens is 1. The maximum absolute atomic E-state index is 12.6. The molecule has 0 aliphatic heterocycles. The van der Waals surface area contributed by atoms with E-state index in [0.29, 0.717) is 29.8 Å². The molecule has 0 bridgehead atoms. The number of para-hydroxylation sites is 1. The maximum Gasteiger partial charge on any atom is 0.258 e. The van der Waals surface area contributed by atoms with Gasteiger partial charge in [0, 0.05) is 0 Å². The van der Waals surface area contributed by atoms with Gasteiger partial charge in [0.15, 0.2) is 0 Å².